The normalized spacial score (nSPS) is 11.4. The van der Waals surface area contributed by atoms with Crippen LogP contribution < -0.4 is 5.32 Å². The lowest BCUT2D eigenvalue weighted by atomic mass is 10.1. The van der Waals surface area contributed by atoms with E-state index >= 15 is 0 Å². The van der Waals surface area contributed by atoms with Crippen molar-refractivity contribution in [3.63, 3.8) is 0 Å². The van der Waals surface area contributed by atoms with Crippen molar-refractivity contribution in [1.82, 2.24) is 14.9 Å². The summed E-state index contributed by atoms with van der Waals surface area (Å²) < 4.78 is 19.1. The van der Waals surface area contributed by atoms with Gasteiger partial charge in [0.1, 0.15) is 23.8 Å². The number of H-pyrrole nitrogens is 1. The van der Waals surface area contributed by atoms with Gasteiger partial charge < -0.3 is 19.9 Å². The fourth-order valence-electron chi connectivity index (χ4n) is 2.87. The number of ether oxygens (including phenoxy) is 1. The van der Waals surface area contributed by atoms with Gasteiger partial charge in [0.25, 0.3) is 0 Å². The maximum atomic E-state index is 13.9. The third kappa shape index (κ3) is 5.56. The molecular weight excluding hydrogens is 387 g/mol. The molecule has 0 radical (unpaired) electrons. The average Bonchev–Trinajstić information content (AvgIpc) is 3.03. The Morgan fingerprint density at radius 2 is 1.93 bits per heavy atom. The van der Waals surface area contributed by atoms with E-state index in [1.807, 2.05) is 0 Å². The number of likely N-dealkylation sites (N-methyl/N-ethyl adjacent to an activating group) is 1. The van der Waals surface area contributed by atoms with Crippen molar-refractivity contribution in [3.8, 4) is 0 Å². The van der Waals surface area contributed by atoms with Gasteiger partial charge in [-0.15, -0.1) is 0 Å². The van der Waals surface area contributed by atoms with Crippen molar-refractivity contribution >= 4 is 28.7 Å². The van der Waals surface area contributed by atoms with E-state index < -0.39 is 11.7 Å². The van der Waals surface area contributed by atoms with E-state index in [0.29, 0.717) is 29.0 Å². The van der Waals surface area contributed by atoms with E-state index in [9.17, 15) is 14.0 Å². The van der Waals surface area contributed by atoms with Crippen molar-refractivity contribution in [1.29, 1.82) is 0 Å². The fourth-order valence-corrected chi connectivity index (χ4v) is 2.87. The molecule has 0 unspecified atom stereocenters. The number of rotatable bonds is 5. The van der Waals surface area contributed by atoms with Crippen LogP contribution in [0.3, 0.4) is 0 Å². The van der Waals surface area contributed by atoms with Crippen LogP contribution in [0.15, 0.2) is 42.5 Å². The molecule has 2 aromatic carbocycles. The zero-order valence-corrected chi connectivity index (χ0v) is 17.5. The SMILES string of the molecule is CN(CC(=O)Nc1ccc2nc(Cc3ccccc3F)[nH]c2c1)C(=O)OC(C)(C)C. The van der Waals surface area contributed by atoms with E-state index in [-0.39, 0.29) is 18.3 Å². The first-order valence-electron chi connectivity index (χ1n) is 9.57. The number of carbonyl (C=O) groups excluding carboxylic acids is 2. The Hall–Kier alpha value is -3.42. The summed E-state index contributed by atoms with van der Waals surface area (Å²) in [5.74, 6) is -0.00273. The number of fused-ring (bicyclic) bond motifs is 1. The molecule has 0 saturated carbocycles. The molecule has 0 saturated heterocycles. The van der Waals surface area contributed by atoms with E-state index in [1.54, 1.807) is 57.2 Å². The first-order valence-corrected chi connectivity index (χ1v) is 9.57. The molecule has 3 aromatic rings. The quantitative estimate of drug-likeness (QED) is 0.661. The van der Waals surface area contributed by atoms with E-state index in [2.05, 4.69) is 15.3 Å². The van der Waals surface area contributed by atoms with E-state index in [1.165, 1.54) is 18.0 Å². The van der Waals surface area contributed by atoms with Gasteiger partial charge in [-0.25, -0.2) is 14.2 Å². The van der Waals surface area contributed by atoms with Gasteiger partial charge in [-0.05, 0) is 50.6 Å². The molecule has 0 spiro atoms. The molecule has 0 aliphatic carbocycles. The Morgan fingerprint density at radius 1 is 1.20 bits per heavy atom. The Morgan fingerprint density at radius 3 is 2.63 bits per heavy atom. The molecule has 3 rings (SSSR count). The number of hydrogen-bond donors (Lipinski definition) is 2. The standard InChI is InChI=1S/C22H25FN4O3/c1-22(2,3)30-21(29)27(4)13-20(28)24-15-9-10-17-18(12-15)26-19(25-17)11-14-7-5-6-8-16(14)23/h5-10,12H,11,13H2,1-4H3,(H,24,28)(H,25,26). The highest BCUT2D eigenvalue weighted by Gasteiger charge is 2.21. The largest absolute Gasteiger partial charge is 0.444 e. The molecule has 8 heteroatoms. The predicted octanol–water partition coefficient (Wildman–Crippen LogP) is 4.10. The Labute approximate surface area is 174 Å². The molecule has 7 nitrogen and oxygen atoms in total. The molecule has 30 heavy (non-hydrogen) atoms. The van der Waals surface area contributed by atoms with E-state index in [4.69, 9.17) is 4.74 Å². The highest BCUT2D eigenvalue weighted by atomic mass is 19.1. The number of halogens is 1. The molecule has 0 aliphatic rings. The summed E-state index contributed by atoms with van der Waals surface area (Å²) in [4.78, 5) is 33.1. The molecule has 1 aromatic heterocycles. The number of nitrogens with one attached hydrogen (secondary N) is 2. The zero-order valence-electron chi connectivity index (χ0n) is 17.5. The summed E-state index contributed by atoms with van der Waals surface area (Å²) in [7, 11) is 1.50. The topological polar surface area (TPSA) is 87.3 Å². The Balaban J connectivity index is 1.65. The minimum atomic E-state index is -0.631. The maximum absolute atomic E-state index is 13.9. The van der Waals surface area contributed by atoms with Crippen LogP contribution in [0.1, 0.15) is 32.2 Å². The molecule has 0 bridgehead atoms. The Kier molecular flexibility index (Phi) is 6.05. The lowest BCUT2D eigenvalue weighted by molar-refractivity contribution is -0.117. The number of benzene rings is 2. The highest BCUT2D eigenvalue weighted by molar-refractivity contribution is 5.95. The van der Waals surface area contributed by atoms with Gasteiger partial charge in [0.15, 0.2) is 0 Å². The van der Waals surface area contributed by atoms with Crippen LogP contribution in [-0.4, -0.2) is 46.1 Å². The highest BCUT2D eigenvalue weighted by Crippen LogP contribution is 2.19. The zero-order chi connectivity index (χ0) is 21.9. The van der Waals surface area contributed by atoms with Gasteiger partial charge >= 0.3 is 6.09 Å². The molecule has 0 aliphatic heterocycles. The van der Waals surface area contributed by atoms with Crippen LogP contribution in [0.5, 0.6) is 0 Å². The molecule has 158 valence electrons. The van der Waals surface area contributed by atoms with Crippen LogP contribution in [0.25, 0.3) is 11.0 Å². The first kappa shape index (κ1) is 21.3. The second-order valence-electron chi connectivity index (χ2n) is 8.07. The van der Waals surface area contributed by atoms with Crippen LogP contribution in [-0.2, 0) is 16.0 Å². The number of imidazole rings is 1. The van der Waals surface area contributed by atoms with Gasteiger partial charge in [0, 0.05) is 19.2 Å². The number of anilines is 1. The van der Waals surface area contributed by atoms with Crippen molar-refractivity contribution in [3.05, 3.63) is 59.7 Å². The van der Waals surface area contributed by atoms with Gasteiger partial charge in [-0.2, -0.15) is 0 Å². The van der Waals surface area contributed by atoms with E-state index in [0.717, 1.165) is 5.52 Å². The van der Waals surface area contributed by atoms with Gasteiger partial charge in [0.05, 0.1) is 11.0 Å². The van der Waals surface area contributed by atoms with Gasteiger partial charge in [-0.3, -0.25) is 4.79 Å². The molecule has 2 amide bonds. The van der Waals surface area contributed by atoms with Crippen molar-refractivity contribution in [2.24, 2.45) is 0 Å². The number of carbonyl (C=O) groups is 2. The lowest BCUT2D eigenvalue weighted by Crippen LogP contribution is -2.38. The third-order valence-electron chi connectivity index (χ3n) is 4.22. The third-order valence-corrected chi connectivity index (χ3v) is 4.22. The minimum absolute atomic E-state index is 0.144. The summed E-state index contributed by atoms with van der Waals surface area (Å²) in [5, 5.41) is 2.75. The molecular formula is C22H25FN4O3. The van der Waals surface area contributed by atoms with Crippen LogP contribution in [0, 0.1) is 5.82 Å². The fraction of sp³-hybridized carbons (Fsp3) is 0.318. The summed E-state index contributed by atoms with van der Waals surface area (Å²) >= 11 is 0. The number of aromatic nitrogens is 2. The molecule has 1 heterocycles. The van der Waals surface area contributed by atoms with Gasteiger partial charge in [0.2, 0.25) is 5.91 Å². The van der Waals surface area contributed by atoms with Crippen LogP contribution in [0.2, 0.25) is 0 Å². The van der Waals surface area contributed by atoms with Crippen molar-refractivity contribution in [2.75, 3.05) is 18.9 Å². The Bertz CT molecular complexity index is 1070. The predicted molar refractivity (Wildman–Crippen MR) is 113 cm³/mol. The van der Waals surface area contributed by atoms with Gasteiger partial charge in [-0.1, -0.05) is 18.2 Å². The summed E-state index contributed by atoms with van der Waals surface area (Å²) in [6.45, 7) is 5.14. The second-order valence-corrected chi connectivity index (χ2v) is 8.07. The summed E-state index contributed by atoms with van der Waals surface area (Å²) in [5.41, 5.74) is 1.92. The maximum Gasteiger partial charge on any atom is 0.410 e. The smallest absolute Gasteiger partial charge is 0.410 e. The number of amides is 2. The molecule has 0 atom stereocenters. The average molecular weight is 412 g/mol. The van der Waals surface area contributed by atoms with Crippen LogP contribution >= 0.6 is 0 Å². The summed E-state index contributed by atoms with van der Waals surface area (Å²) in [6, 6.07) is 11.8. The lowest BCUT2D eigenvalue weighted by Gasteiger charge is -2.24. The molecule has 2 N–H and O–H groups in total. The number of hydrogen-bond acceptors (Lipinski definition) is 4. The first-order chi connectivity index (χ1) is 14.1. The monoisotopic (exact) mass is 412 g/mol. The molecule has 0 fully saturated rings. The minimum Gasteiger partial charge on any atom is -0.444 e. The number of aromatic amines is 1. The van der Waals surface area contributed by atoms with Crippen molar-refractivity contribution < 1.29 is 18.7 Å². The van der Waals surface area contributed by atoms with Crippen LogP contribution in [0.4, 0.5) is 14.9 Å². The summed E-state index contributed by atoms with van der Waals surface area (Å²) in [6.07, 6.45) is -0.233. The second kappa shape index (κ2) is 8.52. The van der Waals surface area contributed by atoms with Crippen molar-refractivity contribution in [2.45, 2.75) is 32.8 Å². The number of nitrogens with zero attached hydrogens (tertiary/aromatic N) is 2.